The van der Waals surface area contributed by atoms with Gasteiger partial charge in [-0.2, -0.15) is 0 Å². The van der Waals surface area contributed by atoms with E-state index in [2.05, 4.69) is 13.8 Å². The fourth-order valence-electron chi connectivity index (χ4n) is 2.37. The van der Waals surface area contributed by atoms with Crippen molar-refractivity contribution in [2.24, 2.45) is 0 Å². The van der Waals surface area contributed by atoms with E-state index in [9.17, 15) is 9.90 Å². The molecule has 122 valence electrons. The van der Waals surface area contributed by atoms with E-state index in [1.54, 1.807) is 6.07 Å². The number of aryl methyl sites for hydroxylation is 1. The van der Waals surface area contributed by atoms with Crippen molar-refractivity contribution < 1.29 is 14.6 Å². The van der Waals surface area contributed by atoms with E-state index in [1.165, 1.54) is 0 Å². The lowest BCUT2D eigenvalue weighted by molar-refractivity contribution is -0.145. The van der Waals surface area contributed by atoms with Gasteiger partial charge in [-0.15, -0.1) is 0 Å². The van der Waals surface area contributed by atoms with Gasteiger partial charge in [0, 0.05) is 11.4 Å². The lowest BCUT2D eigenvalue weighted by Gasteiger charge is -2.19. The van der Waals surface area contributed by atoms with Crippen molar-refractivity contribution in [1.29, 1.82) is 0 Å². The molecule has 2 aromatic carbocycles. The Kier molecular flexibility index (Phi) is 5.67. The molecule has 4 heteroatoms. The molecule has 1 unspecified atom stereocenters. The molecule has 1 atom stereocenters. The van der Waals surface area contributed by atoms with Crippen LogP contribution in [0.5, 0.6) is 5.75 Å². The van der Waals surface area contributed by atoms with E-state index in [-0.39, 0.29) is 12.3 Å². The van der Waals surface area contributed by atoms with Crippen molar-refractivity contribution in [2.75, 3.05) is 0 Å². The first-order chi connectivity index (χ1) is 10.9. The molecule has 0 aliphatic carbocycles. The third-order valence-electron chi connectivity index (χ3n) is 3.74. The highest BCUT2D eigenvalue weighted by molar-refractivity contribution is 6.31. The Labute approximate surface area is 141 Å². The summed E-state index contributed by atoms with van der Waals surface area (Å²) in [6, 6.07) is 13.1. The number of benzene rings is 2. The fourth-order valence-corrected chi connectivity index (χ4v) is 2.58. The Hall–Kier alpha value is -2.00. The minimum atomic E-state index is -0.986. The summed E-state index contributed by atoms with van der Waals surface area (Å²) in [6.45, 7) is 6.02. The van der Waals surface area contributed by atoms with Crippen molar-refractivity contribution in [3.05, 3.63) is 64.2 Å². The molecule has 2 aromatic rings. The summed E-state index contributed by atoms with van der Waals surface area (Å²) in [5.74, 6) is -0.108. The van der Waals surface area contributed by atoms with Gasteiger partial charge in [0.2, 0.25) is 0 Å². The van der Waals surface area contributed by atoms with Crippen LogP contribution in [0.3, 0.4) is 0 Å². The van der Waals surface area contributed by atoms with Crippen LogP contribution in [0.15, 0.2) is 42.5 Å². The minimum absolute atomic E-state index is 0.259. The van der Waals surface area contributed by atoms with Gasteiger partial charge < -0.3 is 9.84 Å². The van der Waals surface area contributed by atoms with E-state index in [4.69, 9.17) is 16.3 Å². The average Bonchev–Trinajstić information content (AvgIpc) is 2.50. The third-order valence-corrected chi connectivity index (χ3v) is 4.15. The number of ether oxygens (including phenoxy) is 1. The number of hydrogen-bond acceptors (Lipinski definition) is 2. The third kappa shape index (κ3) is 4.49. The van der Waals surface area contributed by atoms with E-state index in [0.29, 0.717) is 10.8 Å². The number of carboxylic acid groups (broad SMARTS) is 1. The van der Waals surface area contributed by atoms with E-state index in [0.717, 1.165) is 16.7 Å². The standard InChI is InChI=1S/C19H21ClO3/c1-12(2)15-6-4-5-7-17(15)23-18(19(21)22)11-14-9-8-13(3)16(20)10-14/h4-10,12,18H,11H2,1-3H3,(H,21,22). The smallest absolute Gasteiger partial charge is 0.345 e. The van der Waals surface area contributed by atoms with Gasteiger partial charge in [0.05, 0.1) is 0 Å². The Morgan fingerprint density at radius 3 is 2.52 bits per heavy atom. The molecule has 0 fully saturated rings. The van der Waals surface area contributed by atoms with Crippen LogP contribution in [0, 0.1) is 6.92 Å². The Morgan fingerprint density at radius 2 is 1.91 bits per heavy atom. The lowest BCUT2D eigenvalue weighted by atomic mass is 10.0. The number of halogens is 1. The molecule has 0 bridgehead atoms. The maximum Gasteiger partial charge on any atom is 0.345 e. The van der Waals surface area contributed by atoms with Crippen molar-refractivity contribution in [2.45, 2.75) is 39.2 Å². The topological polar surface area (TPSA) is 46.5 Å². The van der Waals surface area contributed by atoms with Gasteiger partial charge in [0.25, 0.3) is 0 Å². The highest BCUT2D eigenvalue weighted by Gasteiger charge is 2.22. The Bertz CT molecular complexity index is 695. The summed E-state index contributed by atoms with van der Waals surface area (Å²) < 4.78 is 5.80. The summed E-state index contributed by atoms with van der Waals surface area (Å²) in [6.07, 6.45) is -0.685. The minimum Gasteiger partial charge on any atom is -0.478 e. The summed E-state index contributed by atoms with van der Waals surface area (Å²) in [5.41, 5.74) is 2.81. The average molecular weight is 333 g/mol. The van der Waals surface area contributed by atoms with Crippen molar-refractivity contribution in [3.8, 4) is 5.75 Å². The number of para-hydroxylation sites is 1. The van der Waals surface area contributed by atoms with Gasteiger partial charge in [-0.25, -0.2) is 4.79 Å². The van der Waals surface area contributed by atoms with Crippen LogP contribution in [0.1, 0.15) is 36.5 Å². The molecule has 0 aliphatic heterocycles. The number of hydrogen-bond donors (Lipinski definition) is 1. The molecule has 0 aliphatic rings. The van der Waals surface area contributed by atoms with Crippen LogP contribution in [-0.2, 0) is 11.2 Å². The molecule has 1 N–H and O–H groups in total. The molecule has 0 amide bonds. The molecular formula is C19H21ClO3. The van der Waals surface area contributed by atoms with Gasteiger partial charge in [0.1, 0.15) is 5.75 Å². The fraction of sp³-hybridized carbons (Fsp3) is 0.316. The molecule has 23 heavy (non-hydrogen) atoms. The zero-order chi connectivity index (χ0) is 17.0. The predicted molar refractivity (Wildman–Crippen MR) is 92.5 cm³/mol. The Morgan fingerprint density at radius 1 is 1.22 bits per heavy atom. The lowest BCUT2D eigenvalue weighted by Crippen LogP contribution is -2.29. The van der Waals surface area contributed by atoms with Crippen LogP contribution >= 0.6 is 11.6 Å². The molecule has 0 spiro atoms. The quantitative estimate of drug-likeness (QED) is 0.822. The Balaban J connectivity index is 2.23. The predicted octanol–water partition coefficient (Wildman–Crippen LogP) is 4.85. The highest BCUT2D eigenvalue weighted by Crippen LogP contribution is 2.27. The van der Waals surface area contributed by atoms with Crippen LogP contribution in [0.2, 0.25) is 5.02 Å². The van der Waals surface area contributed by atoms with E-state index in [1.807, 2.05) is 43.3 Å². The number of aliphatic carboxylic acids is 1. The van der Waals surface area contributed by atoms with Crippen LogP contribution in [0.4, 0.5) is 0 Å². The van der Waals surface area contributed by atoms with Gasteiger partial charge in [-0.05, 0) is 41.7 Å². The molecule has 0 saturated carbocycles. The number of carbonyl (C=O) groups is 1. The van der Waals surface area contributed by atoms with Gasteiger partial charge >= 0.3 is 5.97 Å². The second kappa shape index (κ2) is 7.51. The van der Waals surface area contributed by atoms with Crippen molar-refractivity contribution in [1.82, 2.24) is 0 Å². The first-order valence-electron chi connectivity index (χ1n) is 7.62. The summed E-state index contributed by atoms with van der Waals surface area (Å²) in [4.78, 5) is 11.6. The van der Waals surface area contributed by atoms with Crippen LogP contribution < -0.4 is 4.74 Å². The largest absolute Gasteiger partial charge is 0.478 e. The maximum absolute atomic E-state index is 11.6. The molecule has 0 heterocycles. The zero-order valence-corrected chi connectivity index (χ0v) is 14.3. The van der Waals surface area contributed by atoms with Crippen LogP contribution in [-0.4, -0.2) is 17.2 Å². The second-order valence-corrected chi connectivity index (χ2v) is 6.33. The van der Waals surface area contributed by atoms with E-state index < -0.39 is 12.1 Å². The molecule has 0 saturated heterocycles. The first-order valence-corrected chi connectivity index (χ1v) is 7.99. The van der Waals surface area contributed by atoms with Gasteiger partial charge in [-0.1, -0.05) is 55.8 Å². The first kappa shape index (κ1) is 17.4. The SMILES string of the molecule is Cc1ccc(CC(Oc2ccccc2C(C)C)C(=O)O)cc1Cl. The summed E-state index contributed by atoms with van der Waals surface area (Å²) in [5, 5.41) is 10.1. The highest BCUT2D eigenvalue weighted by atomic mass is 35.5. The maximum atomic E-state index is 11.6. The van der Waals surface area contributed by atoms with Gasteiger partial charge in [0.15, 0.2) is 6.10 Å². The summed E-state index contributed by atoms with van der Waals surface area (Å²) >= 11 is 6.12. The molecule has 0 radical (unpaired) electrons. The molecular weight excluding hydrogens is 312 g/mol. The second-order valence-electron chi connectivity index (χ2n) is 5.92. The number of rotatable bonds is 6. The number of carboxylic acids is 1. The van der Waals surface area contributed by atoms with E-state index >= 15 is 0 Å². The monoisotopic (exact) mass is 332 g/mol. The van der Waals surface area contributed by atoms with Crippen molar-refractivity contribution >= 4 is 17.6 Å². The summed E-state index contributed by atoms with van der Waals surface area (Å²) in [7, 11) is 0. The molecule has 0 aromatic heterocycles. The zero-order valence-electron chi connectivity index (χ0n) is 13.5. The van der Waals surface area contributed by atoms with Crippen molar-refractivity contribution in [3.63, 3.8) is 0 Å². The molecule has 2 rings (SSSR count). The molecule has 3 nitrogen and oxygen atoms in total. The normalized spacial score (nSPS) is 12.2. The van der Waals surface area contributed by atoms with Crippen LogP contribution in [0.25, 0.3) is 0 Å². The van der Waals surface area contributed by atoms with Gasteiger partial charge in [-0.3, -0.25) is 0 Å².